The number of ether oxygens (including phenoxy) is 1. The Morgan fingerprint density at radius 2 is 1.96 bits per heavy atom. The van der Waals surface area contributed by atoms with Crippen LogP contribution < -0.4 is 5.73 Å². The van der Waals surface area contributed by atoms with Gasteiger partial charge in [0.2, 0.25) is 0 Å². The van der Waals surface area contributed by atoms with Crippen LogP contribution >= 0.6 is 0 Å². The van der Waals surface area contributed by atoms with Crippen LogP contribution in [0.2, 0.25) is 0 Å². The Morgan fingerprint density at radius 1 is 1.36 bits per heavy atom. The summed E-state index contributed by atoms with van der Waals surface area (Å²) in [6.07, 6.45) is 0.442. The first-order valence-electron chi connectivity index (χ1n) is 7.59. The highest BCUT2D eigenvalue weighted by atomic mass is 32.2. The lowest BCUT2D eigenvalue weighted by atomic mass is 10.1. The van der Waals surface area contributed by atoms with Crippen molar-refractivity contribution in [2.24, 2.45) is 5.73 Å². The summed E-state index contributed by atoms with van der Waals surface area (Å²) in [5.41, 5.74) is 6.12. The number of carbonyl (C=O) groups is 1. The lowest BCUT2D eigenvalue weighted by molar-refractivity contribution is -0.138. The summed E-state index contributed by atoms with van der Waals surface area (Å²) in [5.74, 6) is -0.989. The molecular weight excluding hydrogens is 354 g/mol. The number of aliphatic hydroxyl groups is 1. The average Bonchev–Trinajstić information content (AvgIpc) is 3.38. The van der Waals surface area contributed by atoms with E-state index in [1.165, 1.54) is 12.1 Å². The third-order valence-corrected chi connectivity index (χ3v) is 4.38. The van der Waals surface area contributed by atoms with Gasteiger partial charge < -0.3 is 25.8 Å². The first kappa shape index (κ1) is 21.3. The molecule has 1 aliphatic rings. The van der Waals surface area contributed by atoms with Crippen molar-refractivity contribution >= 4 is 16.1 Å². The molecule has 142 valence electrons. The zero-order valence-corrected chi connectivity index (χ0v) is 14.4. The zero-order valence-electron chi connectivity index (χ0n) is 13.6. The first-order chi connectivity index (χ1) is 11.7. The summed E-state index contributed by atoms with van der Waals surface area (Å²) in [6.45, 7) is 0.547. The van der Waals surface area contributed by atoms with Crippen molar-refractivity contribution in [3.63, 3.8) is 0 Å². The van der Waals surface area contributed by atoms with Crippen LogP contribution in [0.4, 0.5) is 0 Å². The molecule has 2 atom stereocenters. The van der Waals surface area contributed by atoms with Crippen molar-refractivity contribution in [2.75, 3.05) is 25.6 Å². The molecule has 2 unspecified atom stereocenters. The Labute approximate surface area is 146 Å². The molecule has 1 saturated heterocycles. The summed E-state index contributed by atoms with van der Waals surface area (Å²) in [6, 6.07) is 5.42. The highest BCUT2D eigenvalue weighted by Crippen LogP contribution is 2.11. The van der Waals surface area contributed by atoms with Crippen molar-refractivity contribution in [1.82, 2.24) is 0 Å². The minimum atomic E-state index is -3.44. The molecule has 25 heavy (non-hydrogen) atoms. The second kappa shape index (κ2) is 10.3. The Bertz CT molecular complexity index is 627. The molecule has 1 fully saturated rings. The zero-order chi connectivity index (χ0) is 18.9. The van der Waals surface area contributed by atoms with Gasteiger partial charge in [-0.25, -0.2) is 0 Å². The second-order valence-electron chi connectivity index (χ2n) is 5.39. The van der Waals surface area contributed by atoms with Crippen LogP contribution in [0.1, 0.15) is 12.0 Å². The number of aliphatic hydroxyl groups excluding tert-OH is 1. The molecular formula is C15H23NO8S. The molecule has 10 heteroatoms. The van der Waals surface area contributed by atoms with E-state index in [9.17, 15) is 13.2 Å². The molecule has 2 rings (SSSR count). The number of phenols is 1. The average molecular weight is 377 g/mol. The van der Waals surface area contributed by atoms with E-state index in [0.717, 1.165) is 5.56 Å². The van der Waals surface area contributed by atoms with Gasteiger partial charge in [0.15, 0.2) is 0 Å². The molecule has 1 aromatic carbocycles. The van der Waals surface area contributed by atoms with Crippen molar-refractivity contribution < 1.29 is 37.5 Å². The minimum absolute atomic E-state index is 0.0473. The first-order valence-corrected chi connectivity index (χ1v) is 9.17. The van der Waals surface area contributed by atoms with E-state index in [4.69, 9.17) is 25.8 Å². The summed E-state index contributed by atoms with van der Waals surface area (Å²) in [5, 5.41) is 25.9. The third-order valence-electron chi connectivity index (χ3n) is 3.10. The second-order valence-corrected chi connectivity index (χ2v) is 7.15. The number of carboxylic acids is 1. The van der Waals surface area contributed by atoms with Gasteiger partial charge >= 0.3 is 5.97 Å². The van der Waals surface area contributed by atoms with Gasteiger partial charge in [0.05, 0.1) is 19.0 Å². The number of nitrogens with two attached hydrogens (primary N) is 1. The van der Waals surface area contributed by atoms with Gasteiger partial charge in [0.1, 0.15) is 17.9 Å². The smallest absolute Gasteiger partial charge is 0.320 e. The molecule has 5 N–H and O–H groups in total. The molecule has 9 nitrogen and oxygen atoms in total. The number of epoxide rings is 1. The monoisotopic (exact) mass is 377 g/mol. The Kier molecular flexibility index (Phi) is 8.79. The molecule has 1 heterocycles. The quantitative estimate of drug-likeness (QED) is 0.327. The van der Waals surface area contributed by atoms with E-state index >= 15 is 0 Å². The maximum Gasteiger partial charge on any atom is 0.320 e. The summed E-state index contributed by atoms with van der Waals surface area (Å²) >= 11 is 0. The maximum absolute atomic E-state index is 10.9. The van der Waals surface area contributed by atoms with E-state index in [-0.39, 0.29) is 43.7 Å². The molecule has 0 spiro atoms. The Hall–Kier alpha value is -1.72. The fourth-order valence-electron chi connectivity index (χ4n) is 1.62. The summed E-state index contributed by atoms with van der Waals surface area (Å²) in [4.78, 5) is 10.4. The molecule has 0 aromatic heterocycles. The number of phenolic OH excluding ortho intramolecular Hbond substituents is 1. The Balaban J connectivity index is 0.000000251. The Morgan fingerprint density at radius 3 is 2.44 bits per heavy atom. The van der Waals surface area contributed by atoms with E-state index in [1.54, 1.807) is 12.1 Å². The molecule has 1 aliphatic heterocycles. The van der Waals surface area contributed by atoms with Crippen LogP contribution in [-0.2, 0) is 30.3 Å². The van der Waals surface area contributed by atoms with Crippen LogP contribution in [0.3, 0.4) is 0 Å². The van der Waals surface area contributed by atoms with Crippen molar-refractivity contribution in [3.8, 4) is 5.75 Å². The van der Waals surface area contributed by atoms with E-state index in [2.05, 4.69) is 4.18 Å². The molecule has 1 aromatic rings. The van der Waals surface area contributed by atoms with Crippen LogP contribution in [0, 0.1) is 0 Å². The summed E-state index contributed by atoms with van der Waals surface area (Å²) < 4.78 is 31.2. The number of aromatic hydroxyl groups is 1. The number of benzene rings is 1. The van der Waals surface area contributed by atoms with Gasteiger partial charge in [-0.05, 0) is 30.5 Å². The van der Waals surface area contributed by atoms with Gasteiger partial charge in [-0.15, -0.1) is 0 Å². The number of hydrogen-bond acceptors (Lipinski definition) is 8. The van der Waals surface area contributed by atoms with Crippen LogP contribution in [0.25, 0.3) is 0 Å². The normalized spacial score (nSPS) is 17.3. The highest BCUT2D eigenvalue weighted by molar-refractivity contribution is 7.86. The van der Waals surface area contributed by atoms with Crippen LogP contribution in [0.5, 0.6) is 5.75 Å². The SMILES string of the molecule is NC(Cc1ccc(O)cc1)C(=O)O.O=S(=O)(CCCO)OCC1CO1. The predicted molar refractivity (Wildman–Crippen MR) is 88.6 cm³/mol. The van der Waals surface area contributed by atoms with Gasteiger partial charge in [-0.3, -0.25) is 8.98 Å². The highest BCUT2D eigenvalue weighted by Gasteiger charge is 2.25. The van der Waals surface area contributed by atoms with Gasteiger partial charge in [-0.2, -0.15) is 8.42 Å². The van der Waals surface area contributed by atoms with E-state index < -0.39 is 22.1 Å². The fraction of sp³-hybridized carbons (Fsp3) is 0.533. The van der Waals surface area contributed by atoms with E-state index in [1.807, 2.05) is 0 Å². The van der Waals surface area contributed by atoms with Crippen molar-refractivity contribution in [2.45, 2.75) is 25.0 Å². The standard InChI is InChI=1S/C9H11NO3.C6H12O5S/c10-8(9(12)13)5-6-1-3-7(11)4-2-6;7-2-1-3-12(8,9)11-5-6-4-10-6/h1-4,8,11H,5,10H2,(H,12,13);6-7H,1-5H2. The summed E-state index contributed by atoms with van der Waals surface area (Å²) in [7, 11) is -3.44. The minimum Gasteiger partial charge on any atom is -0.508 e. The van der Waals surface area contributed by atoms with Gasteiger partial charge in [0, 0.05) is 6.61 Å². The lowest BCUT2D eigenvalue weighted by Gasteiger charge is -2.05. The largest absolute Gasteiger partial charge is 0.508 e. The molecule has 0 aliphatic carbocycles. The topological polar surface area (TPSA) is 160 Å². The number of rotatable bonds is 9. The predicted octanol–water partition coefficient (Wildman–Crippen LogP) is -0.539. The molecule has 0 saturated carbocycles. The third kappa shape index (κ3) is 9.99. The number of hydrogen-bond donors (Lipinski definition) is 4. The van der Waals surface area contributed by atoms with Crippen molar-refractivity contribution in [1.29, 1.82) is 0 Å². The van der Waals surface area contributed by atoms with Gasteiger partial charge in [-0.1, -0.05) is 12.1 Å². The van der Waals surface area contributed by atoms with Gasteiger partial charge in [0.25, 0.3) is 10.1 Å². The number of aliphatic carboxylic acids is 1. The molecule has 0 amide bonds. The van der Waals surface area contributed by atoms with E-state index in [0.29, 0.717) is 6.61 Å². The lowest BCUT2D eigenvalue weighted by Crippen LogP contribution is -2.32. The van der Waals surface area contributed by atoms with Crippen molar-refractivity contribution in [3.05, 3.63) is 29.8 Å². The fourth-order valence-corrected chi connectivity index (χ4v) is 2.58. The van der Waals surface area contributed by atoms with Crippen LogP contribution in [-0.4, -0.2) is 67.4 Å². The van der Waals surface area contributed by atoms with Crippen LogP contribution in [0.15, 0.2) is 24.3 Å². The molecule has 0 radical (unpaired) electrons. The molecule has 0 bridgehead atoms. The number of carboxylic acid groups (broad SMARTS) is 1. The maximum atomic E-state index is 10.9.